The van der Waals surface area contributed by atoms with Crippen molar-refractivity contribution >= 4 is 56.5 Å². The fourth-order valence-electron chi connectivity index (χ4n) is 3.22. The van der Waals surface area contributed by atoms with E-state index in [0.29, 0.717) is 0 Å². The van der Waals surface area contributed by atoms with E-state index in [2.05, 4.69) is 0 Å². The molecule has 10 heteroatoms. The van der Waals surface area contributed by atoms with Crippen LogP contribution < -0.4 is 0 Å². The number of aromatic hydroxyl groups is 2. The van der Waals surface area contributed by atoms with Gasteiger partial charge in [0.2, 0.25) is 0 Å². The number of halogens is 4. The van der Waals surface area contributed by atoms with Crippen LogP contribution >= 0.6 is 46.4 Å². The Morgan fingerprint density at radius 2 is 1.41 bits per heavy atom. The van der Waals surface area contributed by atoms with Crippen LogP contribution in [-0.4, -0.2) is 23.2 Å². The van der Waals surface area contributed by atoms with Gasteiger partial charge in [-0.2, -0.15) is 8.42 Å². The fraction of sp³-hybridized carbons (Fsp3) is 0.0526. The van der Waals surface area contributed by atoms with E-state index in [9.17, 15) is 23.2 Å². The average molecular weight is 494 g/mol. The smallest absolute Gasteiger partial charge is 0.283 e. The molecule has 1 atom stereocenters. The summed E-state index contributed by atoms with van der Waals surface area (Å²) in [4.78, 5) is 0. The van der Waals surface area contributed by atoms with Gasteiger partial charge in [-0.05, 0) is 23.8 Å². The second kappa shape index (κ2) is 7.87. The Hall–Kier alpha value is -1.67. The summed E-state index contributed by atoms with van der Waals surface area (Å²) in [6.45, 7) is 0. The molecule has 0 spiro atoms. The zero-order valence-electron chi connectivity index (χ0n) is 14.3. The van der Waals surface area contributed by atoms with Crippen molar-refractivity contribution in [2.24, 2.45) is 0 Å². The van der Waals surface area contributed by atoms with E-state index in [4.69, 9.17) is 46.4 Å². The minimum Gasteiger partial charge on any atom is -0.508 e. The molecule has 0 aliphatic carbocycles. The number of phenolic OH excluding ortho intramolecular Hbond substituents is 2. The van der Waals surface area contributed by atoms with Gasteiger partial charge in [0.15, 0.2) is 4.75 Å². The highest BCUT2D eigenvalue weighted by Crippen LogP contribution is 2.54. The van der Waals surface area contributed by atoms with Crippen LogP contribution in [0.25, 0.3) is 0 Å². The lowest BCUT2D eigenvalue weighted by molar-refractivity contribution is 0.440. The van der Waals surface area contributed by atoms with Crippen molar-refractivity contribution in [1.82, 2.24) is 0 Å². The second-order valence-corrected chi connectivity index (χ2v) is 9.23. The molecule has 3 aromatic rings. The summed E-state index contributed by atoms with van der Waals surface area (Å²) in [5.41, 5.74) is -0.648. The molecule has 0 saturated carbocycles. The summed E-state index contributed by atoms with van der Waals surface area (Å²) in [7, 11) is -5.13. The molecular formula is C19H12Cl4O5S. The van der Waals surface area contributed by atoms with Gasteiger partial charge in [-0.25, -0.2) is 0 Å². The van der Waals surface area contributed by atoms with Crippen LogP contribution in [0.4, 0.5) is 0 Å². The third-order valence-corrected chi connectivity index (χ3v) is 7.22. The van der Waals surface area contributed by atoms with Crippen LogP contribution in [0.5, 0.6) is 11.5 Å². The number of benzene rings is 3. The molecule has 29 heavy (non-hydrogen) atoms. The van der Waals surface area contributed by atoms with Gasteiger partial charge in [0.05, 0.1) is 15.1 Å². The van der Waals surface area contributed by atoms with Gasteiger partial charge in [0, 0.05) is 16.1 Å². The maximum absolute atomic E-state index is 13.0. The normalized spacial score (nSPS) is 13.8. The van der Waals surface area contributed by atoms with Crippen LogP contribution in [0, 0.1) is 0 Å². The number of hydrogen-bond donors (Lipinski definition) is 3. The summed E-state index contributed by atoms with van der Waals surface area (Å²) in [6.07, 6.45) is 0. The van der Waals surface area contributed by atoms with E-state index < -0.39 is 26.2 Å². The third kappa shape index (κ3) is 3.54. The Balaban J connectivity index is 2.67. The van der Waals surface area contributed by atoms with Gasteiger partial charge in [-0.15, -0.1) is 0 Å². The SMILES string of the molecule is O=S(=O)(O)C(c1ccccc1)(c1ccc(O)cc1Cl)c1c(O)c(Cl)cc(Cl)c1Cl. The summed E-state index contributed by atoms with van der Waals surface area (Å²) < 4.78 is 34.0. The average Bonchev–Trinajstić information content (AvgIpc) is 2.64. The lowest BCUT2D eigenvalue weighted by Crippen LogP contribution is -2.39. The summed E-state index contributed by atoms with van der Waals surface area (Å²) in [5.74, 6) is -0.942. The highest BCUT2D eigenvalue weighted by molar-refractivity contribution is 7.87. The van der Waals surface area contributed by atoms with E-state index in [1.54, 1.807) is 6.07 Å². The Morgan fingerprint density at radius 3 is 1.97 bits per heavy atom. The molecule has 0 aromatic heterocycles. The van der Waals surface area contributed by atoms with Crippen LogP contribution in [0.2, 0.25) is 20.1 Å². The van der Waals surface area contributed by atoms with Gasteiger partial charge >= 0.3 is 0 Å². The van der Waals surface area contributed by atoms with E-state index in [1.807, 2.05) is 0 Å². The molecule has 0 aliphatic rings. The molecule has 0 bridgehead atoms. The van der Waals surface area contributed by atoms with Crippen LogP contribution in [0.3, 0.4) is 0 Å². The molecule has 0 radical (unpaired) electrons. The van der Waals surface area contributed by atoms with Crippen molar-refractivity contribution in [3.8, 4) is 11.5 Å². The number of phenols is 2. The number of hydrogen-bond acceptors (Lipinski definition) is 4. The van der Waals surface area contributed by atoms with Crippen molar-refractivity contribution in [2.45, 2.75) is 4.75 Å². The van der Waals surface area contributed by atoms with Gasteiger partial charge in [-0.3, -0.25) is 4.55 Å². The Labute approximate surface area is 186 Å². The van der Waals surface area contributed by atoms with Crippen molar-refractivity contribution in [3.63, 3.8) is 0 Å². The molecule has 0 saturated heterocycles. The van der Waals surface area contributed by atoms with Crippen LogP contribution in [0.1, 0.15) is 16.7 Å². The predicted octanol–water partition coefficient (Wildman–Crippen LogP) is 5.89. The largest absolute Gasteiger partial charge is 0.508 e. The van der Waals surface area contributed by atoms with Crippen LogP contribution in [0.15, 0.2) is 54.6 Å². The van der Waals surface area contributed by atoms with Crippen molar-refractivity contribution in [2.75, 3.05) is 0 Å². The highest BCUT2D eigenvalue weighted by atomic mass is 35.5. The summed E-state index contributed by atoms with van der Waals surface area (Å²) in [5, 5.41) is 19.5. The lowest BCUT2D eigenvalue weighted by Gasteiger charge is -2.34. The molecule has 5 nitrogen and oxygen atoms in total. The quantitative estimate of drug-likeness (QED) is 0.239. The van der Waals surface area contributed by atoms with E-state index in [-0.39, 0.29) is 37.0 Å². The minimum atomic E-state index is -5.13. The molecular weight excluding hydrogens is 482 g/mol. The number of rotatable bonds is 4. The topological polar surface area (TPSA) is 94.8 Å². The maximum atomic E-state index is 13.0. The first kappa shape index (κ1) is 22.0. The predicted molar refractivity (Wildman–Crippen MR) is 114 cm³/mol. The molecule has 0 aliphatic heterocycles. The molecule has 0 fully saturated rings. The van der Waals surface area contributed by atoms with Gasteiger partial charge in [0.25, 0.3) is 10.1 Å². The third-order valence-electron chi connectivity index (χ3n) is 4.40. The summed E-state index contributed by atoms with van der Waals surface area (Å²) in [6, 6.07) is 12.1. The minimum absolute atomic E-state index is 0.00521. The first-order valence-corrected chi connectivity index (χ1v) is 10.9. The zero-order chi connectivity index (χ0) is 21.6. The van der Waals surface area contributed by atoms with Crippen LogP contribution in [-0.2, 0) is 14.9 Å². The first-order chi connectivity index (χ1) is 13.5. The van der Waals surface area contributed by atoms with Gasteiger partial charge in [0.1, 0.15) is 11.5 Å². The molecule has 0 heterocycles. The highest BCUT2D eigenvalue weighted by Gasteiger charge is 2.53. The van der Waals surface area contributed by atoms with Crippen molar-refractivity contribution < 1.29 is 23.2 Å². The lowest BCUT2D eigenvalue weighted by atomic mass is 9.83. The maximum Gasteiger partial charge on any atom is 0.283 e. The Kier molecular flexibility index (Phi) is 5.98. The molecule has 152 valence electrons. The van der Waals surface area contributed by atoms with E-state index >= 15 is 0 Å². The molecule has 0 amide bonds. The second-order valence-electron chi connectivity index (χ2n) is 6.06. The fourth-order valence-corrected chi connectivity index (χ4v) is 5.74. The first-order valence-electron chi connectivity index (χ1n) is 7.90. The van der Waals surface area contributed by atoms with Crippen molar-refractivity contribution in [3.05, 3.63) is 91.4 Å². The summed E-state index contributed by atoms with van der Waals surface area (Å²) >= 11 is 24.8. The van der Waals surface area contributed by atoms with Crippen molar-refractivity contribution in [1.29, 1.82) is 0 Å². The van der Waals surface area contributed by atoms with E-state index in [0.717, 1.165) is 12.1 Å². The van der Waals surface area contributed by atoms with Gasteiger partial charge in [-0.1, -0.05) is 82.8 Å². The zero-order valence-corrected chi connectivity index (χ0v) is 18.1. The molecule has 1 unspecified atom stereocenters. The monoisotopic (exact) mass is 492 g/mol. The van der Waals surface area contributed by atoms with E-state index in [1.165, 1.54) is 36.4 Å². The van der Waals surface area contributed by atoms with Gasteiger partial charge < -0.3 is 10.2 Å². The Bertz CT molecular complexity index is 1170. The standard InChI is InChI=1S/C19H12Cl4O5S/c20-13-8-11(24)6-7-12(13)19(29(26,27)28,10-4-2-1-3-5-10)16-17(23)14(21)9-15(22)18(16)25/h1-9,24-25H,(H,26,27,28). The molecule has 3 N–H and O–H groups in total. The Morgan fingerprint density at radius 1 is 0.793 bits per heavy atom. The molecule has 3 aromatic carbocycles. The molecule has 3 rings (SSSR count).